The number of amides is 1. The molecule has 130 valence electrons. The Labute approximate surface area is 144 Å². The fourth-order valence-electron chi connectivity index (χ4n) is 2.66. The van der Waals surface area contributed by atoms with Crippen molar-refractivity contribution in [2.75, 3.05) is 11.6 Å². The van der Waals surface area contributed by atoms with Crippen LogP contribution in [0.5, 0.6) is 0 Å². The van der Waals surface area contributed by atoms with Crippen molar-refractivity contribution in [1.82, 2.24) is 9.13 Å². The van der Waals surface area contributed by atoms with Crippen molar-refractivity contribution in [1.29, 1.82) is 0 Å². The predicted molar refractivity (Wildman–Crippen MR) is 95.4 cm³/mol. The van der Waals surface area contributed by atoms with E-state index in [9.17, 15) is 18.0 Å². The number of hydrogen-bond acceptors (Lipinski definition) is 4. The van der Waals surface area contributed by atoms with Gasteiger partial charge in [0.2, 0.25) is 5.91 Å². The molecule has 25 heavy (non-hydrogen) atoms. The Morgan fingerprint density at radius 2 is 1.76 bits per heavy atom. The molecule has 3 aromatic rings. The lowest BCUT2D eigenvalue weighted by Gasteiger charge is -2.07. The second-order valence-electron chi connectivity index (χ2n) is 5.76. The van der Waals surface area contributed by atoms with Gasteiger partial charge in [-0.25, -0.2) is 13.2 Å². The van der Waals surface area contributed by atoms with Crippen LogP contribution in [0.15, 0.2) is 58.2 Å². The number of rotatable bonds is 4. The van der Waals surface area contributed by atoms with Crippen LogP contribution in [0.3, 0.4) is 0 Å². The minimum atomic E-state index is -3.36. The van der Waals surface area contributed by atoms with Crippen molar-refractivity contribution >= 4 is 32.5 Å². The third kappa shape index (κ3) is 3.34. The van der Waals surface area contributed by atoms with Crippen molar-refractivity contribution in [2.45, 2.75) is 11.4 Å². The molecular weight excluding hydrogens is 342 g/mol. The van der Waals surface area contributed by atoms with Gasteiger partial charge in [0.15, 0.2) is 9.84 Å². The topological polar surface area (TPSA) is 90.2 Å². The van der Waals surface area contributed by atoms with Crippen molar-refractivity contribution < 1.29 is 13.2 Å². The monoisotopic (exact) mass is 359 g/mol. The highest BCUT2D eigenvalue weighted by atomic mass is 32.2. The van der Waals surface area contributed by atoms with E-state index in [2.05, 4.69) is 5.32 Å². The molecule has 0 fully saturated rings. The molecule has 1 N–H and O–H groups in total. The number of carbonyl (C=O) groups excluding carboxylic acids is 1. The van der Waals surface area contributed by atoms with Crippen LogP contribution >= 0.6 is 0 Å². The van der Waals surface area contributed by atoms with Crippen LogP contribution in [0.2, 0.25) is 0 Å². The number of anilines is 1. The van der Waals surface area contributed by atoms with Gasteiger partial charge in [0.05, 0.1) is 15.9 Å². The molecule has 7 nitrogen and oxygen atoms in total. The van der Waals surface area contributed by atoms with E-state index in [1.54, 1.807) is 37.4 Å². The first-order valence-corrected chi connectivity index (χ1v) is 9.41. The number of aromatic nitrogens is 2. The third-order valence-electron chi connectivity index (χ3n) is 3.90. The molecule has 0 bridgehead atoms. The number of benzene rings is 2. The van der Waals surface area contributed by atoms with Gasteiger partial charge in [-0.1, -0.05) is 18.2 Å². The molecule has 1 heterocycles. The lowest BCUT2D eigenvalue weighted by molar-refractivity contribution is -0.116. The maximum Gasteiger partial charge on any atom is 0.329 e. The molecule has 0 atom stereocenters. The van der Waals surface area contributed by atoms with E-state index in [1.165, 1.54) is 21.3 Å². The zero-order valence-electron chi connectivity index (χ0n) is 13.8. The van der Waals surface area contributed by atoms with Gasteiger partial charge in [0, 0.05) is 19.0 Å². The fraction of sp³-hybridized carbons (Fsp3) is 0.176. The Hall–Kier alpha value is -2.87. The summed E-state index contributed by atoms with van der Waals surface area (Å²) in [5, 5.41) is 2.63. The van der Waals surface area contributed by atoms with E-state index in [0.717, 1.165) is 11.8 Å². The van der Waals surface area contributed by atoms with Crippen molar-refractivity contribution in [3.05, 3.63) is 59.0 Å². The zero-order valence-corrected chi connectivity index (χ0v) is 14.6. The predicted octanol–water partition coefficient (Wildman–Crippen LogP) is 1.38. The first-order valence-electron chi connectivity index (χ1n) is 7.51. The fourth-order valence-corrected chi connectivity index (χ4v) is 3.33. The molecule has 0 saturated heterocycles. The number of nitrogens with zero attached hydrogens (tertiary/aromatic N) is 2. The summed E-state index contributed by atoms with van der Waals surface area (Å²) in [5.41, 5.74) is 1.47. The Bertz CT molecular complexity index is 1130. The number of sulfone groups is 1. The molecule has 0 saturated carbocycles. The SMILES string of the molecule is Cn1c(=O)n(CC(=O)Nc2cccc(S(C)(=O)=O)c2)c2ccccc21. The van der Waals surface area contributed by atoms with Crippen LogP contribution in [0.4, 0.5) is 5.69 Å². The second kappa shape index (κ2) is 6.21. The molecule has 0 aliphatic heterocycles. The number of nitrogens with one attached hydrogen (secondary N) is 1. The Morgan fingerprint density at radius 1 is 1.08 bits per heavy atom. The molecular formula is C17H17N3O4S. The highest BCUT2D eigenvalue weighted by Gasteiger charge is 2.14. The summed E-state index contributed by atoms with van der Waals surface area (Å²) >= 11 is 0. The van der Waals surface area contributed by atoms with Crippen LogP contribution in [0.1, 0.15) is 0 Å². The van der Waals surface area contributed by atoms with Crippen molar-refractivity contribution in [3.63, 3.8) is 0 Å². The maximum absolute atomic E-state index is 12.3. The van der Waals surface area contributed by atoms with Gasteiger partial charge in [-0.3, -0.25) is 13.9 Å². The summed E-state index contributed by atoms with van der Waals surface area (Å²) in [7, 11) is -1.71. The Balaban J connectivity index is 1.87. The normalized spacial score (nSPS) is 11.6. The summed E-state index contributed by atoms with van der Waals surface area (Å²) in [6, 6.07) is 13.2. The number of hydrogen-bond donors (Lipinski definition) is 1. The van der Waals surface area contributed by atoms with Crippen molar-refractivity contribution in [2.24, 2.45) is 7.05 Å². The molecule has 0 aliphatic rings. The Morgan fingerprint density at radius 3 is 2.44 bits per heavy atom. The molecule has 0 aliphatic carbocycles. The zero-order chi connectivity index (χ0) is 18.2. The van der Waals surface area contributed by atoms with E-state index in [4.69, 9.17) is 0 Å². The molecule has 2 aromatic carbocycles. The second-order valence-corrected chi connectivity index (χ2v) is 7.78. The number of para-hydroxylation sites is 2. The smallest absolute Gasteiger partial charge is 0.324 e. The first kappa shape index (κ1) is 17.0. The van der Waals surface area contributed by atoms with Gasteiger partial charge in [0.25, 0.3) is 0 Å². The summed E-state index contributed by atoms with van der Waals surface area (Å²) in [6.07, 6.45) is 1.10. The van der Waals surface area contributed by atoms with E-state index < -0.39 is 15.7 Å². The van der Waals surface area contributed by atoms with Crippen LogP contribution in [0.25, 0.3) is 11.0 Å². The van der Waals surface area contributed by atoms with E-state index in [-0.39, 0.29) is 17.1 Å². The van der Waals surface area contributed by atoms with Gasteiger partial charge >= 0.3 is 5.69 Å². The summed E-state index contributed by atoms with van der Waals surface area (Å²) < 4.78 is 26.0. The molecule has 1 amide bonds. The van der Waals surface area contributed by atoms with Crippen molar-refractivity contribution in [3.8, 4) is 0 Å². The highest BCUT2D eigenvalue weighted by molar-refractivity contribution is 7.90. The molecule has 0 unspecified atom stereocenters. The number of fused-ring (bicyclic) bond motifs is 1. The molecule has 0 spiro atoms. The number of imidazole rings is 1. The summed E-state index contributed by atoms with van der Waals surface area (Å²) in [6.45, 7) is -0.163. The summed E-state index contributed by atoms with van der Waals surface area (Å²) in [5.74, 6) is -0.413. The quantitative estimate of drug-likeness (QED) is 0.762. The Kier molecular flexibility index (Phi) is 4.22. The average molecular weight is 359 g/mol. The van der Waals surface area contributed by atoms with E-state index in [0.29, 0.717) is 11.2 Å². The van der Waals surface area contributed by atoms with Gasteiger partial charge < -0.3 is 5.32 Å². The first-order chi connectivity index (χ1) is 11.8. The molecule has 8 heteroatoms. The van der Waals surface area contributed by atoms with Crippen LogP contribution < -0.4 is 11.0 Å². The van der Waals surface area contributed by atoms with E-state index >= 15 is 0 Å². The lowest BCUT2D eigenvalue weighted by Crippen LogP contribution is -2.28. The molecule has 0 radical (unpaired) electrons. The average Bonchev–Trinajstić information content (AvgIpc) is 2.80. The van der Waals surface area contributed by atoms with Gasteiger partial charge in [0.1, 0.15) is 6.54 Å². The third-order valence-corrected chi connectivity index (χ3v) is 5.01. The van der Waals surface area contributed by atoms with Crippen LogP contribution in [-0.4, -0.2) is 29.7 Å². The van der Waals surface area contributed by atoms with Gasteiger partial charge in [-0.2, -0.15) is 0 Å². The van der Waals surface area contributed by atoms with E-state index in [1.807, 2.05) is 6.07 Å². The minimum Gasteiger partial charge on any atom is -0.324 e. The highest BCUT2D eigenvalue weighted by Crippen LogP contribution is 2.16. The summed E-state index contributed by atoms with van der Waals surface area (Å²) in [4.78, 5) is 24.8. The molecule has 1 aromatic heterocycles. The lowest BCUT2D eigenvalue weighted by atomic mass is 10.3. The molecule has 3 rings (SSSR count). The largest absolute Gasteiger partial charge is 0.329 e. The van der Waals surface area contributed by atoms with Crippen LogP contribution in [0, 0.1) is 0 Å². The minimum absolute atomic E-state index is 0.118. The number of aryl methyl sites for hydroxylation is 1. The van der Waals surface area contributed by atoms with Gasteiger partial charge in [-0.15, -0.1) is 0 Å². The standard InChI is InChI=1S/C17H17N3O4S/c1-19-14-8-3-4-9-15(14)20(17(19)22)11-16(21)18-12-6-5-7-13(10-12)25(2,23)24/h3-10H,11H2,1-2H3,(H,18,21). The van der Waals surface area contributed by atoms with Gasteiger partial charge in [-0.05, 0) is 30.3 Å². The van der Waals surface area contributed by atoms with Crippen LogP contribution in [-0.2, 0) is 28.2 Å². The number of carbonyl (C=O) groups is 1. The maximum atomic E-state index is 12.3.